The summed E-state index contributed by atoms with van der Waals surface area (Å²) in [6, 6.07) is 7.80. The molecule has 0 aliphatic carbocycles. The molecule has 6 heteroatoms. The van der Waals surface area contributed by atoms with Crippen molar-refractivity contribution in [3.63, 3.8) is 0 Å². The van der Waals surface area contributed by atoms with Gasteiger partial charge in [0.05, 0.1) is 5.52 Å². The van der Waals surface area contributed by atoms with Gasteiger partial charge in [0.1, 0.15) is 6.33 Å². The Balaban J connectivity index is 2.16. The summed E-state index contributed by atoms with van der Waals surface area (Å²) in [5.41, 5.74) is 8.52. The van der Waals surface area contributed by atoms with Crippen LogP contribution in [-0.2, 0) is 7.05 Å². The molecule has 0 unspecified atom stereocenters. The lowest BCUT2D eigenvalue weighted by atomic mass is 10.2. The van der Waals surface area contributed by atoms with E-state index >= 15 is 0 Å². The van der Waals surface area contributed by atoms with E-state index in [2.05, 4.69) is 15.1 Å². The van der Waals surface area contributed by atoms with Crippen LogP contribution in [0.5, 0.6) is 0 Å². The minimum Gasteiger partial charge on any atom is -0.399 e. The number of anilines is 1. The first kappa shape index (κ1) is 12.0. The van der Waals surface area contributed by atoms with Crippen LogP contribution in [-0.4, -0.2) is 19.7 Å². The van der Waals surface area contributed by atoms with E-state index in [1.165, 1.54) is 0 Å². The number of hydrogen-bond donors (Lipinski definition) is 1. The maximum Gasteiger partial charge on any atom is 0.190 e. The van der Waals surface area contributed by atoms with Crippen molar-refractivity contribution in [1.82, 2.24) is 19.7 Å². The van der Waals surface area contributed by atoms with E-state index in [9.17, 15) is 0 Å². The minimum absolute atomic E-state index is 0.734. The van der Waals surface area contributed by atoms with E-state index in [0.29, 0.717) is 0 Å². The predicted octanol–water partition coefficient (Wildman–Crippen LogP) is 2.41. The standard InChI is InChI=1S/C13H13N5S/c1-8-5-12(19-13-15-7-16-18(13)2)10-6-9(14)3-4-11(10)17-8/h3-7H,14H2,1-2H3. The number of aromatic nitrogens is 4. The van der Waals surface area contributed by atoms with Crippen LogP contribution in [0.4, 0.5) is 5.69 Å². The largest absolute Gasteiger partial charge is 0.399 e. The molecule has 2 heterocycles. The Morgan fingerprint density at radius 1 is 1.26 bits per heavy atom. The zero-order valence-electron chi connectivity index (χ0n) is 10.7. The van der Waals surface area contributed by atoms with Crippen molar-refractivity contribution in [1.29, 1.82) is 0 Å². The second-order valence-corrected chi connectivity index (χ2v) is 5.32. The SMILES string of the molecule is Cc1cc(Sc2ncnn2C)c2cc(N)ccc2n1. The van der Waals surface area contributed by atoms with Crippen molar-refractivity contribution in [2.24, 2.45) is 7.05 Å². The van der Waals surface area contributed by atoms with Crippen molar-refractivity contribution >= 4 is 28.4 Å². The fourth-order valence-electron chi connectivity index (χ4n) is 1.90. The van der Waals surface area contributed by atoms with Crippen LogP contribution in [0.15, 0.2) is 40.6 Å². The third-order valence-electron chi connectivity index (χ3n) is 2.79. The van der Waals surface area contributed by atoms with E-state index in [1.54, 1.807) is 22.8 Å². The Hall–Kier alpha value is -2.08. The van der Waals surface area contributed by atoms with E-state index in [4.69, 9.17) is 5.73 Å². The van der Waals surface area contributed by atoms with Crippen molar-refractivity contribution in [3.8, 4) is 0 Å². The molecule has 0 saturated heterocycles. The molecule has 0 aliphatic rings. The molecular weight excluding hydrogens is 258 g/mol. The van der Waals surface area contributed by atoms with E-state index < -0.39 is 0 Å². The molecule has 0 fully saturated rings. The molecule has 0 spiro atoms. The molecule has 3 rings (SSSR count). The molecule has 3 aromatic rings. The molecule has 96 valence electrons. The normalized spacial score (nSPS) is 11.1. The summed E-state index contributed by atoms with van der Waals surface area (Å²) >= 11 is 1.57. The second kappa shape index (κ2) is 4.55. The van der Waals surface area contributed by atoms with E-state index in [1.807, 2.05) is 38.2 Å². The van der Waals surface area contributed by atoms with Crippen molar-refractivity contribution in [3.05, 3.63) is 36.3 Å². The zero-order valence-corrected chi connectivity index (χ0v) is 11.5. The summed E-state index contributed by atoms with van der Waals surface area (Å²) in [6.45, 7) is 1.98. The third-order valence-corrected chi connectivity index (χ3v) is 3.90. The van der Waals surface area contributed by atoms with Gasteiger partial charge in [0, 0.05) is 28.7 Å². The quantitative estimate of drug-likeness (QED) is 0.725. The number of pyridine rings is 1. The van der Waals surface area contributed by atoms with Gasteiger partial charge in [-0.3, -0.25) is 4.98 Å². The molecule has 0 aliphatic heterocycles. The van der Waals surface area contributed by atoms with Crippen LogP contribution in [0, 0.1) is 6.92 Å². The highest BCUT2D eigenvalue weighted by Gasteiger charge is 2.09. The Kier molecular flexibility index (Phi) is 2.87. The smallest absolute Gasteiger partial charge is 0.190 e. The number of fused-ring (bicyclic) bond motifs is 1. The average molecular weight is 271 g/mol. The maximum absolute atomic E-state index is 5.86. The molecule has 2 N–H and O–H groups in total. The van der Waals surface area contributed by atoms with Gasteiger partial charge in [-0.1, -0.05) is 0 Å². The Labute approximate surface area is 114 Å². The fourth-order valence-corrected chi connectivity index (χ4v) is 2.88. The summed E-state index contributed by atoms with van der Waals surface area (Å²) in [6.07, 6.45) is 1.55. The molecule has 0 bridgehead atoms. The molecule has 0 radical (unpaired) electrons. The first-order chi connectivity index (χ1) is 9.13. The van der Waals surface area contributed by atoms with Gasteiger partial charge in [0.2, 0.25) is 0 Å². The highest BCUT2D eigenvalue weighted by Crippen LogP contribution is 2.32. The molecule has 0 amide bonds. The Morgan fingerprint density at radius 3 is 2.84 bits per heavy atom. The highest BCUT2D eigenvalue weighted by atomic mass is 32.2. The van der Waals surface area contributed by atoms with Gasteiger partial charge in [0.15, 0.2) is 5.16 Å². The van der Waals surface area contributed by atoms with Crippen molar-refractivity contribution in [2.75, 3.05) is 5.73 Å². The molecule has 0 saturated carbocycles. The van der Waals surface area contributed by atoms with Gasteiger partial charge in [-0.2, -0.15) is 5.10 Å². The molecule has 2 aromatic heterocycles. The molecule has 0 atom stereocenters. The van der Waals surface area contributed by atoms with E-state index in [-0.39, 0.29) is 0 Å². The predicted molar refractivity (Wildman–Crippen MR) is 76.0 cm³/mol. The number of nitrogen functional groups attached to an aromatic ring is 1. The van der Waals surface area contributed by atoms with Gasteiger partial charge in [-0.25, -0.2) is 9.67 Å². The first-order valence-corrected chi connectivity index (χ1v) is 6.64. The van der Waals surface area contributed by atoms with Crippen molar-refractivity contribution in [2.45, 2.75) is 17.0 Å². The van der Waals surface area contributed by atoms with E-state index in [0.717, 1.165) is 32.3 Å². The van der Waals surface area contributed by atoms with Gasteiger partial charge in [-0.15, -0.1) is 0 Å². The summed E-state index contributed by atoms with van der Waals surface area (Å²) in [4.78, 5) is 9.84. The lowest BCUT2D eigenvalue weighted by molar-refractivity contribution is 0.685. The van der Waals surface area contributed by atoms with Crippen LogP contribution in [0.1, 0.15) is 5.69 Å². The van der Waals surface area contributed by atoms with Crippen LogP contribution >= 0.6 is 11.8 Å². The van der Waals surface area contributed by atoms with Gasteiger partial charge >= 0.3 is 0 Å². The van der Waals surface area contributed by atoms with Gasteiger partial charge in [-0.05, 0) is 43.0 Å². The maximum atomic E-state index is 5.86. The molecular formula is C13H13N5S. The van der Waals surface area contributed by atoms with Crippen molar-refractivity contribution < 1.29 is 0 Å². The number of hydrogen-bond acceptors (Lipinski definition) is 5. The zero-order chi connectivity index (χ0) is 13.4. The lowest BCUT2D eigenvalue weighted by Gasteiger charge is -2.07. The molecule has 1 aromatic carbocycles. The third kappa shape index (κ3) is 2.26. The second-order valence-electron chi connectivity index (χ2n) is 4.31. The molecule has 19 heavy (non-hydrogen) atoms. The van der Waals surface area contributed by atoms with Crippen LogP contribution in [0.25, 0.3) is 10.9 Å². The average Bonchev–Trinajstić information content (AvgIpc) is 2.76. The number of benzene rings is 1. The summed E-state index contributed by atoms with van der Waals surface area (Å²) in [7, 11) is 1.87. The Morgan fingerprint density at radius 2 is 2.11 bits per heavy atom. The van der Waals surface area contributed by atoms with Gasteiger partial charge in [0.25, 0.3) is 0 Å². The minimum atomic E-state index is 0.734. The van der Waals surface area contributed by atoms with Gasteiger partial charge < -0.3 is 5.73 Å². The lowest BCUT2D eigenvalue weighted by Crippen LogP contribution is -1.94. The summed E-state index contributed by atoms with van der Waals surface area (Å²) in [5.74, 6) is 0. The molecule has 5 nitrogen and oxygen atoms in total. The van der Waals surface area contributed by atoms with Crippen LogP contribution < -0.4 is 5.73 Å². The Bertz CT molecular complexity index is 750. The van der Waals surface area contributed by atoms with Crippen LogP contribution in [0.3, 0.4) is 0 Å². The first-order valence-electron chi connectivity index (χ1n) is 5.82. The number of nitrogens with zero attached hydrogens (tertiary/aromatic N) is 4. The summed E-state index contributed by atoms with van der Waals surface area (Å²) < 4.78 is 1.75. The highest BCUT2D eigenvalue weighted by molar-refractivity contribution is 7.99. The monoisotopic (exact) mass is 271 g/mol. The number of nitrogens with two attached hydrogens (primary N) is 1. The fraction of sp³-hybridized carbons (Fsp3) is 0.154. The number of rotatable bonds is 2. The topological polar surface area (TPSA) is 69.6 Å². The van der Waals surface area contributed by atoms with Crippen LogP contribution in [0.2, 0.25) is 0 Å². The number of aryl methyl sites for hydroxylation is 2. The summed E-state index contributed by atoms with van der Waals surface area (Å²) in [5, 5.41) is 5.96.